The van der Waals surface area contributed by atoms with Crippen molar-refractivity contribution in [3.05, 3.63) is 61.0 Å². The number of amides is 1. The van der Waals surface area contributed by atoms with Crippen molar-refractivity contribution >= 4 is 40.7 Å². The van der Waals surface area contributed by atoms with E-state index in [-0.39, 0.29) is 26.2 Å². The first-order valence-corrected chi connectivity index (χ1v) is 8.53. The Bertz CT molecular complexity index is 1200. The normalized spacial score (nSPS) is 16.7. The van der Waals surface area contributed by atoms with Crippen molar-refractivity contribution in [3.63, 3.8) is 0 Å². The molecular weight excluding hydrogens is 368 g/mol. The van der Waals surface area contributed by atoms with Gasteiger partial charge in [0, 0.05) is 6.08 Å². The second-order valence-electron chi connectivity index (χ2n) is 5.61. The molecule has 0 aliphatic carbocycles. The lowest BCUT2D eigenvalue weighted by Gasteiger charge is -2.24. The van der Waals surface area contributed by atoms with Crippen LogP contribution in [0.1, 0.15) is 11.5 Å². The van der Waals surface area contributed by atoms with E-state index >= 15 is 0 Å². The van der Waals surface area contributed by atoms with Gasteiger partial charge in [0.15, 0.2) is 0 Å². The lowest BCUT2D eigenvalue weighted by Crippen LogP contribution is -2.41. The minimum Gasteiger partial charge on any atom is -0.466 e. The van der Waals surface area contributed by atoms with E-state index in [4.69, 9.17) is 11.5 Å². The summed E-state index contributed by atoms with van der Waals surface area (Å²) < 4.78 is 5.79. The first-order valence-electron chi connectivity index (χ1n) is 7.71. The molecule has 1 unspecified atom stereocenters. The molecule has 0 radical (unpaired) electrons. The number of benzene rings is 1. The highest BCUT2D eigenvalue weighted by Crippen LogP contribution is 2.35. The number of allylic oxidation sites excluding steroid dienone is 1. The zero-order valence-corrected chi connectivity index (χ0v) is 14.9. The number of hydrogen-bond acceptors (Lipinski definition) is 7. The smallest absolute Gasteiger partial charge is 0.332 e. The third-order valence-electron chi connectivity index (χ3n) is 4.12. The van der Waals surface area contributed by atoms with Crippen LogP contribution in [0.2, 0.25) is 0 Å². The number of carbonyl (C=O) groups is 2. The van der Waals surface area contributed by atoms with Gasteiger partial charge in [0.1, 0.15) is 15.0 Å². The molecule has 136 valence electrons. The number of ether oxygens (including phenoxy) is 1. The molecular formula is C18H14N4O4S. The molecule has 1 amide bonds. The number of fused-ring (bicyclic) bond motifs is 1. The zero-order valence-electron chi connectivity index (χ0n) is 14.1. The van der Waals surface area contributed by atoms with Gasteiger partial charge in [-0.05, 0) is 5.56 Å². The fourth-order valence-corrected chi connectivity index (χ4v) is 4.07. The van der Waals surface area contributed by atoms with Crippen LogP contribution in [-0.2, 0) is 14.3 Å². The van der Waals surface area contributed by atoms with Gasteiger partial charge >= 0.3 is 5.97 Å². The minimum absolute atomic E-state index is 0.0181. The number of thiazole rings is 1. The SMILES string of the molecule is COC(=O)/C=c1/sc2n(c1=O)C(N)=C(C#N)C(c1ccccc1)C=2C(N)=O. The lowest BCUT2D eigenvalue weighted by molar-refractivity contribution is -0.133. The summed E-state index contributed by atoms with van der Waals surface area (Å²) >= 11 is 0.889. The highest BCUT2D eigenvalue weighted by Gasteiger charge is 2.34. The summed E-state index contributed by atoms with van der Waals surface area (Å²) in [7, 11) is 1.18. The molecule has 1 atom stereocenters. The van der Waals surface area contributed by atoms with Gasteiger partial charge in [0.05, 0.1) is 30.2 Å². The summed E-state index contributed by atoms with van der Waals surface area (Å²) in [5.74, 6) is -2.42. The van der Waals surface area contributed by atoms with Gasteiger partial charge < -0.3 is 16.2 Å². The van der Waals surface area contributed by atoms with Crippen LogP contribution in [0.3, 0.4) is 0 Å². The van der Waals surface area contributed by atoms with Crippen LogP contribution in [0.15, 0.2) is 40.7 Å². The van der Waals surface area contributed by atoms with E-state index in [0.29, 0.717) is 5.56 Å². The number of carbonyl (C=O) groups excluding carboxylic acids is 2. The van der Waals surface area contributed by atoms with Crippen molar-refractivity contribution in [2.24, 2.45) is 11.5 Å². The fourth-order valence-electron chi connectivity index (χ4n) is 2.93. The largest absolute Gasteiger partial charge is 0.466 e. The first-order chi connectivity index (χ1) is 12.9. The Labute approximate surface area is 156 Å². The molecule has 27 heavy (non-hydrogen) atoms. The molecule has 0 bridgehead atoms. The van der Waals surface area contributed by atoms with Crippen LogP contribution in [0, 0.1) is 11.3 Å². The van der Waals surface area contributed by atoms with Crippen molar-refractivity contribution in [3.8, 4) is 6.07 Å². The number of nitrogens with zero attached hydrogens (tertiary/aromatic N) is 2. The maximum Gasteiger partial charge on any atom is 0.332 e. The second kappa shape index (κ2) is 6.93. The predicted molar refractivity (Wildman–Crippen MR) is 99.1 cm³/mol. The molecule has 1 aromatic carbocycles. The number of aromatic nitrogens is 1. The van der Waals surface area contributed by atoms with Crippen LogP contribution in [0.25, 0.3) is 17.5 Å². The molecule has 0 saturated carbocycles. The summed E-state index contributed by atoms with van der Waals surface area (Å²) in [5, 5.41) is 9.65. The summed E-state index contributed by atoms with van der Waals surface area (Å²) in [6, 6.07) is 10.8. The Morgan fingerprint density at radius 3 is 2.56 bits per heavy atom. The molecule has 2 aromatic rings. The minimum atomic E-state index is -0.808. The van der Waals surface area contributed by atoms with E-state index in [1.807, 2.05) is 6.07 Å². The fraction of sp³-hybridized carbons (Fsp3) is 0.111. The summed E-state index contributed by atoms with van der Waals surface area (Å²) in [6.07, 6.45) is 1.01. The third kappa shape index (κ3) is 2.92. The van der Waals surface area contributed by atoms with Crippen molar-refractivity contribution in [1.29, 1.82) is 5.26 Å². The van der Waals surface area contributed by atoms with E-state index in [1.165, 1.54) is 7.11 Å². The number of methoxy groups -OCH3 is 1. The van der Waals surface area contributed by atoms with Gasteiger partial charge in [-0.25, -0.2) is 4.79 Å². The standard InChI is InChI=1S/C18H14N4O4S/c1-26-12(23)7-11-17(25)22-15(20)10(8-19)13(9-5-3-2-4-6-9)14(16(21)24)18(22)27-11/h2-7,13H,20H2,1H3,(H2,21,24)/b11-7+. The predicted octanol–water partition coefficient (Wildman–Crippen LogP) is -1.05. The number of esters is 1. The molecule has 0 saturated heterocycles. The Kier molecular flexibility index (Phi) is 4.66. The number of nitrogens with two attached hydrogens (primary N) is 2. The van der Waals surface area contributed by atoms with E-state index in [2.05, 4.69) is 4.74 Å². The number of primary amides is 1. The van der Waals surface area contributed by atoms with Crippen LogP contribution in [-0.4, -0.2) is 23.6 Å². The van der Waals surface area contributed by atoms with Gasteiger partial charge in [-0.2, -0.15) is 5.26 Å². The van der Waals surface area contributed by atoms with E-state index in [0.717, 1.165) is 22.0 Å². The number of hydrogen-bond donors (Lipinski definition) is 2. The first kappa shape index (κ1) is 18.2. The molecule has 0 spiro atoms. The Morgan fingerprint density at radius 1 is 1.33 bits per heavy atom. The molecule has 1 aliphatic rings. The van der Waals surface area contributed by atoms with Gasteiger partial charge in [-0.15, -0.1) is 11.3 Å². The highest BCUT2D eigenvalue weighted by atomic mass is 32.1. The van der Waals surface area contributed by atoms with E-state index < -0.39 is 23.4 Å². The van der Waals surface area contributed by atoms with Crippen LogP contribution >= 0.6 is 11.3 Å². The molecule has 0 fully saturated rings. The molecule has 9 heteroatoms. The van der Waals surface area contributed by atoms with Crippen molar-refractivity contribution < 1.29 is 14.3 Å². The number of nitriles is 1. The topological polar surface area (TPSA) is 141 Å². The quantitative estimate of drug-likeness (QED) is 0.649. The highest BCUT2D eigenvalue weighted by molar-refractivity contribution is 7.07. The van der Waals surface area contributed by atoms with Crippen LogP contribution < -0.4 is 26.2 Å². The van der Waals surface area contributed by atoms with Crippen molar-refractivity contribution in [1.82, 2.24) is 4.57 Å². The van der Waals surface area contributed by atoms with Gasteiger partial charge in [-0.3, -0.25) is 14.2 Å². The Hall–Kier alpha value is -3.64. The van der Waals surface area contributed by atoms with E-state index in [1.54, 1.807) is 30.3 Å². The third-order valence-corrected chi connectivity index (χ3v) is 5.23. The Morgan fingerprint density at radius 2 is 2.00 bits per heavy atom. The van der Waals surface area contributed by atoms with E-state index in [9.17, 15) is 19.6 Å². The van der Waals surface area contributed by atoms with Gasteiger partial charge in [-0.1, -0.05) is 30.3 Å². The average molecular weight is 382 g/mol. The maximum absolute atomic E-state index is 12.7. The molecule has 2 heterocycles. The van der Waals surface area contributed by atoms with Crippen LogP contribution in [0.4, 0.5) is 0 Å². The second-order valence-corrected chi connectivity index (χ2v) is 6.64. The molecule has 4 N–H and O–H groups in total. The number of rotatable bonds is 3. The summed E-state index contributed by atoms with van der Waals surface area (Å²) in [6.45, 7) is 0. The van der Waals surface area contributed by atoms with Crippen molar-refractivity contribution in [2.75, 3.05) is 7.11 Å². The van der Waals surface area contributed by atoms with Gasteiger partial charge in [0.25, 0.3) is 5.56 Å². The molecule has 3 rings (SSSR count). The zero-order chi connectivity index (χ0) is 19.7. The van der Waals surface area contributed by atoms with Gasteiger partial charge in [0.2, 0.25) is 5.91 Å². The Balaban J connectivity index is 2.49. The van der Waals surface area contributed by atoms with Crippen LogP contribution in [0.5, 0.6) is 0 Å². The maximum atomic E-state index is 12.7. The van der Waals surface area contributed by atoms with Crippen molar-refractivity contribution in [2.45, 2.75) is 5.92 Å². The summed E-state index contributed by atoms with van der Waals surface area (Å²) in [4.78, 5) is 36.5. The lowest BCUT2D eigenvalue weighted by atomic mass is 9.83. The molecule has 8 nitrogen and oxygen atoms in total. The average Bonchev–Trinajstić information content (AvgIpc) is 2.98. The summed E-state index contributed by atoms with van der Waals surface area (Å²) in [5.41, 5.74) is 11.8. The monoisotopic (exact) mass is 382 g/mol. The molecule has 1 aliphatic heterocycles. The molecule has 1 aromatic heterocycles.